The second-order valence-electron chi connectivity index (χ2n) is 17.0. The number of benzene rings is 10. The summed E-state index contributed by atoms with van der Waals surface area (Å²) in [5.41, 5.74) is 19.5. The summed E-state index contributed by atoms with van der Waals surface area (Å²) in [6, 6.07) is 79.4. The third-order valence-electron chi connectivity index (χ3n) is 13.0. The number of fused-ring (bicyclic) bond motifs is 3. The van der Waals surface area contributed by atoms with Crippen molar-refractivity contribution in [2.45, 2.75) is 0 Å². The van der Waals surface area contributed by atoms with Crippen LogP contribution in [0.3, 0.4) is 0 Å². The van der Waals surface area contributed by atoms with Crippen LogP contribution in [0.25, 0.3) is 128 Å². The number of rotatable bonds is 8. The number of nitrogens with zero attached hydrogens (tertiary/aromatic N) is 5. The Morgan fingerprint density at radius 2 is 0.765 bits per heavy atom. The highest BCUT2D eigenvalue weighted by Gasteiger charge is 2.22. The molecule has 0 amide bonds. The van der Waals surface area contributed by atoms with Gasteiger partial charge in [0.05, 0.1) is 18.2 Å². The fraction of sp³-hybridized carbons (Fsp3) is 0. The molecule has 0 aliphatic heterocycles. The zero-order valence-corrected chi connectivity index (χ0v) is 36.6. The van der Waals surface area contributed by atoms with Crippen molar-refractivity contribution in [3.05, 3.63) is 241 Å². The molecule has 1 heterocycles. The maximum absolute atomic E-state index is 9.22. The Morgan fingerprint density at radius 3 is 1.38 bits per heavy atom. The van der Waals surface area contributed by atoms with Gasteiger partial charge in [-0.15, -0.1) is 0 Å². The van der Waals surface area contributed by atoms with E-state index in [1.165, 1.54) is 44.2 Å². The molecule has 1 aromatic heterocycles. The van der Waals surface area contributed by atoms with Gasteiger partial charge in [-0.3, -0.25) is 0 Å². The van der Waals surface area contributed by atoms with E-state index < -0.39 is 0 Å². The molecule has 5 heteroatoms. The van der Waals surface area contributed by atoms with Crippen LogP contribution in [0, 0.1) is 17.9 Å². The summed E-state index contributed by atoms with van der Waals surface area (Å²) in [7, 11) is 0. The summed E-state index contributed by atoms with van der Waals surface area (Å²) in [6.45, 7) is 8.22. The fourth-order valence-corrected chi connectivity index (χ4v) is 9.46. The van der Waals surface area contributed by atoms with E-state index in [0.29, 0.717) is 28.7 Å². The van der Waals surface area contributed by atoms with Crippen molar-refractivity contribution in [2.75, 3.05) is 0 Å². The van der Waals surface area contributed by atoms with E-state index in [1.807, 2.05) is 115 Å². The topological polar surface area (TPSA) is 66.8 Å². The first kappa shape index (κ1) is 40.0. The summed E-state index contributed by atoms with van der Waals surface area (Å²) in [4.78, 5) is 18.8. The van der Waals surface area contributed by atoms with Gasteiger partial charge < -0.3 is 0 Å². The van der Waals surface area contributed by atoms with Crippen molar-refractivity contribution < 1.29 is 0 Å². The normalized spacial score (nSPS) is 11.2. The van der Waals surface area contributed by atoms with Crippen molar-refractivity contribution in [1.82, 2.24) is 15.0 Å². The quantitative estimate of drug-likeness (QED) is 0.143. The van der Waals surface area contributed by atoms with Gasteiger partial charge in [-0.1, -0.05) is 188 Å². The molecule has 0 fully saturated rings. The number of hydrogen-bond acceptors (Lipinski definition) is 4. The summed E-state index contributed by atoms with van der Waals surface area (Å²) >= 11 is 0. The lowest BCUT2D eigenvalue weighted by atomic mass is 9.93. The SMILES string of the molecule is [C-]#[N+]c1cc(-c2cccc(-c3ccc(-c4cc5c6c(cccc6c4)-c4ccccc4-5)cc3)c2)ccc1-c1ccc(-c2nc(-c3ccccc3)nc(-c3ccc(-c4ccc(C#N)cc4)cc3)n2)cc1. The fourth-order valence-electron chi connectivity index (χ4n) is 9.46. The third kappa shape index (κ3) is 7.28. The largest absolute Gasteiger partial charge is 0.237 e. The van der Waals surface area contributed by atoms with Crippen molar-refractivity contribution in [3.63, 3.8) is 0 Å². The predicted molar refractivity (Wildman–Crippen MR) is 276 cm³/mol. The van der Waals surface area contributed by atoms with Gasteiger partial charge in [-0.05, 0) is 125 Å². The molecule has 10 aromatic carbocycles. The molecule has 314 valence electrons. The molecule has 0 saturated carbocycles. The molecule has 0 bridgehead atoms. The van der Waals surface area contributed by atoms with Crippen LogP contribution in [0.4, 0.5) is 5.69 Å². The van der Waals surface area contributed by atoms with Crippen molar-refractivity contribution in [2.24, 2.45) is 0 Å². The molecule has 0 unspecified atom stereocenters. The molecular weight excluding hydrogens is 827 g/mol. The number of hydrogen-bond donors (Lipinski definition) is 0. The average molecular weight is 864 g/mol. The van der Waals surface area contributed by atoms with Gasteiger partial charge in [0.15, 0.2) is 23.2 Å². The van der Waals surface area contributed by atoms with E-state index >= 15 is 0 Å². The Labute approximate surface area is 394 Å². The van der Waals surface area contributed by atoms with Gasteiger partial charge in [0.1, 0.15) is 0 Å². The molecule has 68 heavy (non-hydrogen) atoms. The lowest BCUT2D eigenvalue weighted by Gasteiger charge is -2.12. The summed E-state index contributed by atoms with van der Waals surface area (Å²) < 4.78 is 0. The lowest BCUT2D eigenvalue weighted by Crippen LogP contribution is -2.00. The van der Waals surface area contributed by atoms with Gasteiger partial charge >= 0.3 is 0 Å². The summed E-state index contributed by atoms with van der Waals surface area (Å²) in [5, 5.41) is 11.8. The van der Waals surface area contributed by atoms with E-state index in [9.17, 15) is 5.26 Å². The molecule has 1 aliphatic rings. The van der Waals surface area contributed by atoms with E-state index in [4.69, 9.17) is 21.5 Å². The van der Waals surface area contributed by atoms with E-state index in [2.05, 4.69) is 120 Å². The maximum Gasteiger partial charge on any atom is 0.195 e. The first-order chi connectivity index (χ1) is 33.6. The van der Waals surface area contributed by atoms with E-state index in [1.54, 1.807) is 0 Å². The predicted octanol–water partition coefficient (Wildman–Crippen LogP) is 16.4. The molecule has 0 radical (unpaired) electrons. The van der Waals surface area contributed by atoms with Gasteiger partial charge in [-0.25, -0.2) is 19.8 Å². The van der Waals surface area contributed by atoms with Crippen LogP contribution < -0.4 is 0 Å². The minimum absolute atomic E-state index is 0.555. The summed E-state index contributed by atoms with van der Waals surface area (Å²) in [5.74, 6) is 1.70. The standard InChI is InChI=1S/C63H37N5/c1-65-59-38-51(50-12-7-11-49(35-50)43-21-23-44(24-22-43)53-36-52-13-8-16-57-55-14-5-6-15-56(55)58(37-53)60(52)57)33-34-54(59)45-27-31-48(32-28-45)63-67-61(46-9-3-2-4-10-46)66-62(68-63)47-29-25-42(26-30-47)41-19-17-40(39-64)18-20-41/h2-38H. The number of nitriles is 1. The highest BCUT2D eigenvalue weighted by Crippen LogP contribution is 2.48. The third-order valence-corrected chi connectivity index (χ3v) is 13.0. The average Bonchev–Trinajstić information content (AvgIpc) is 3.75. The van der Waals surface area contributed by atoms with Crippen molar-refractivity contribution in [3.8, 4) is 118 Å². The second-order valence-corrected chi connectivity index (χ2v) is 17.0. The zero-order valence-electron chi connectivity index (χ0n) is 36.6. The molecule has 0 spiro atoms. The Balaban J connectivity index is 0.807. The zero-order chi connectivity index (χ0) is 45.6. The first-order valence-corrected chi connectivity index (χ1v) is 22.5. The van der Waals surface area contributed by atoms with Crippen LogP contribution in [0.5, 0.6) is 0 Å². The van der Waals surface area contributed by atoms with E-state index in [0.717, 1.165) is 61.2 Å². The molecule has 11 aromatic rings. The maximum atomic E-state index is 9.22. The Bertz CT molecular complexity index is 3820. The Hall–Kier alpha value is -9.55. The minimum Gasteiger partial charge on any atom is -0.237 e. The van der Waals surface area contributed by atoms with Gasteiger partial charge in [0.25, 0.3) is 0 Å². The van der Waals surface area contributed by atoms with Crippen LogP contribution in [0.15, 0.2) is 224 Å². The molecular formula is C63H37N5. The van der Waals surface area contributed by atoms with Crippen LogP contribution in [0.1, 0.15) is 5.56 Å². The van der Waals surface area contributed by atoms with Crippen LogP contribution in [-0.4, -0.2) is 15.0 Å². The second kappa shape index (κ2) is 16.8. The minimum atomic E-state index is 0.555. The lowest BCUT2D eigenvalue weighted by molar-refractivity contribution is 1.07. The summed E-state index contributed by atoms with van der Waals surface area (Å²) in [6.07, 6.45) is 0. The first-order valence-electron chi connectivity index (χ1n) is 22.5. The van der Waals surface area contributed by atoms with Crippen LogP contribution in [0.2, 0.25) is 0 Å². The van der Waals surface area contributed by atoms with Crippen molar-refractivity contribution >= 4 is 16.5 Å². The highest BCUT2D eigenvalue weighted by molar-refractivity contribution is 6.16. The number of aromatic nitrogens is 3. The molecule has 5 nitrogen and oxygen atoms in total. The van der Waals surface area contributed by atoms with Gasteiger partial charge in [0.2, 0.25) is 0 Å². The molecule has 1 aliphatic carbocycles. The molecule has 0 saturated heterocycles. The smallest absolute Gasteiger partial charge is 0.195 e. The Morgan fingerprint density at radius 1 is 0.324 bits per heavy atom. The van der Waals surface area contributed by atoms with E-state index in [-0.39, 0.29) is 0 Å². The molecule has 0 N–H and O–H groups in total. The Kier molecular flexibility index (Phi) is 9.87. The monoisotopic (exact) mass is 863 g/mol. The van der Waals surface area contributed by atoms with Crippen LogP contribution in [-0.2, 0) is 0 Å². The molecule has 0 atom stereocenters. The molecule has 12 rings (SSSR count). The van der Waals surface area contributed by atoms with Gasteiger partial charge in [-0.2, -0.15) is 5.26 Å². The van der Waals surface area contributed by atoms with Crippen LogP contribution >= 0.6 is 0 Å². The van der Waals surface area contributed by atoms with Gasteiger partial charge in [0, 0.05) is 16.7 Å². The van der Waals surface area contributed by atoms with Crippen molar-refractivity contribution in [1.29, 1.82) is 5.26 Å². The highest BCUT2D eigenvalue weighted by atomic mass is 15.0.